The lowest BCUT2D eigenvalue weighted by atomic mass is 10.1. The molecule has 20 heavy (non-hydrogen) atoms. The number of nitrogens with zero attached hydrogens (tertiary/aromatic N) is 3. The molecule has 0 aliphatic heterocycles. The fourth-order valence-electron chi connectivity index (χ4n) is 2.26. The van der Waals surface area contributed by atoms with E-state index >= 15 is 0 Å². The van der Waals surface area contributed by atoms with Gasteiger partial charge in [-0.3, -0.25) is 0 Å². The first kappa shape index (κ1) is 13.0. The van der Waals surface area contributed by atoms with Gasteiger partial charge < -0.3 is 10.6 Å². The van der Waals surface area contributed by atoms with E-state index in [4.69, 9.17) is 5.73 Å². The highest BCUT2D eigenvalue weighted by Gasteiger charge is 2.11. The maximum atomic E-state index is 5.75. The van der Waals surface area contributed by atoms with Gasteiger partial charge >= 0.3 is 0 Å². The largest absolute Gasteiger partial charge is 0.353 e. The molecule has 0 aliphatic rings. The number of hydrogen-bond acceptors (Lipinski definition) is 5. The summed E-state index contributed by atoms with van der Waals surface area (Å²) in [5.74, 6) is 0.955. The van der Waals surface area contributed by atoms with E-state index < -0.39 is 0 Å². The molecule has 1 aromatic carbocycles. The molecule has 0 fully saturated rings. The average Bonchev–Trinajstić information content (AvgIpc) is 2.98. The van der Waals surface area contributed by atoms with Crippen LogP contribution in [0.25, 0.3) is 10.8 Å². The summed E-state index contributed by atoms with van der Waals surface area (Å²) in [4.78, 5) is 11.1. The van der Waals surface area contributed by atoms with Gasteiger partial charge in [0.15, 0.2) is 0 Å². The Morgan fingerprint density at radius 2 is 2.10 bits per heavy atom. The van der Waals surface area contributed by atoms with Gasteiger partial charge in [-0.25, -0.2) is 9.97 Å². The zero-order valence-corrected chi connectivity index (χ0v) is 12.1. The number of hydrogen-bond donors (Lipinski definition) is 1. The van der Waals surface area contributed by atoms with E-state index in [0.717, 1.165) is 29.1 Å². The molecule has 0 atom stereocenters. The van der Waals surface area contributed by atoms with Crippen LogP contribution in [-0.2, 0) is 13.1 Å². The van der Waals surface area contributed by atoms with Crippen molar-refractivity contribution in [1.82, 2.24) is 9.97 Å². The fraction of sp³-hybridized carbons (Fsp3) is 0.200. The Kier molecular flexibility index (Phi) is 3.62. The van der Waals surface area contributed by atoms with Crippen LogP contribution in [0.1, 0.15) is 11.4 Å². The van der Waals surface area contributed by atoms with Crippen LogP contribution in [0, 0.1) is 0 Å². The highest BCUT2D eigenvalue weighted by molar-refractivity contribution is 7.07. The topological polar surface area (TPSA) is 55.0 Å². The number of aromatic nitrogens is 2. The summed E-state index contributed by atoms with van der Waals surface area (Å²) >= 11 is 1.61. The molecule has 3 rings (SSSR count). The zero-order chi connectivity index (χ0) is 13.9. The number of nitrogens with two attached hydrogens (primary N) is 1. The van der Waals surface area contributed by atoms with Crippen molar-refractivity contribution in [2.45, 2.75) is 13.1 Å². The Morgan fingerprint density at radius 3 is 2.85 bits per heavy atom. The van der Waals surface area contributed by atoms with Gasteiger partial charge in [0.2, 0.25) is 0 Å². The van der Waals surface area contributed by atoms with Gasteiger partial charge in [-0.05, 0) is 11.5 Å². The third kappa shape index (κ3) is 2.50. The van der Waals surface area contributed by atoms with Gasteiger partial charge in [0, 0.05) is 24.4 Å². The maximum Gasteiger partial charge on any atom is 0.136 e. The first-order valence-corrected chi connectivity index (χ1v) is 7.39. The molecule has 0 bridgehead atoms. The molecule has 0 unspecified atom stereocenters. The maximum absolute atomic E-state index is 5.75. The second kappa shape index (κ2) is 5.56. The van der Waals surface area contributed by atoms with Crippen molar-refractivity contribution in [2.75, 3.05) is 11.9 Å². The molecule has 2 heterocycles. The third-order valence-electron chi connectivity index (χ3n) is 3.23. The van der Waals surface area contributed by atoms with Crippen LogP contribution in [0.15, 0.2) is 41.2 Å². The Balaban J connectivity index is 2.04. The highest BCUT2D eigenvalue weighted by atomic mass is 32.1. The summed E-state index contributed by atoms with van der Waals surface area (Å²) in [6.07, 6.45) is 0. The molecule has 2 aromatic heterocycles. The van der Waals surface area contributed by atoms with Crippen molar-refractivity contribution >= 4 is 27.9 Å². The lowest BCUT2D eigenvalue weighted by Gasteiger charge is -2.20. The number of pyridine rings is 1. The smallest absolute Gasteiger partial charge is 0.136 e. The van der Waals surface area contributed by atoms with Crippen molar-refractivity contribution in [3.8, 4) is 0 Å². The lowest BCUT2D eigenvalue weighted by Crippen LogP contribution is -2.19. The van der Waals surface area contributed by atoms with E-state index in [-0.39, 0.29) is 0 Å². The van der Waals surface area contributed by atoms with Crippen molar-refractivity contribution < 1.29 is 0 Å². The highest BCUT2D eigenvalue weighted by Crippen LogP contribution is 2.26. The quantitative estimate of drug-likeness (QED) is 0.800. The van der Waals surface area contributed by atoms with Gasteiger partial charge in [0.05, 0.1) is 23.4 Å². The number of benzene rings is 1. The van der Waals surface area contributed by atoms with Crippen molar-refractivity contribution in [3.63, 3.8) is 0 Å². The molecule has 0 saturated heterocycles. The van der Waals surface area contributed by atoms with Crippen LogP contribution in [0.4, 0.5) is 5.82 Å². The molecule has 0 aliphatic carbocycles. The van der Waals surface area contributed by atoms with Crippen molar-refractivity contribution in [3.05, 3.63) is 52.6 Å². The van der Waals surface area contributed by atoms with Crippen LogP contribution in [0.3, 0.4) is 0 Å². The summed E-state index contributed by atoms with van der Waals surface area (Å²) in [5.41, 5.74) is 9.57. The average molecular weight is 284 g/mol. The van der Waals surface area contributed by atoms with Gasteiger partial charge in [-0.15, -0.1) is 11.3 Å². The predicted octanol–water partition coefficient (Wildman–Crippen LogP) is 2.79. The Bertz CT molecular complexity index is 709. The SMILES string of the molecule is CN(Cc1cscn1)c1nc(CN)cc2ccccc12. The second-order valence-corrected chi connectivity index (χ2v) is 5.42. The Labute approximate surface area is 121 Å². The normalized spacial score (nSPS) is 10.9. The fourth-order valence-corrected chi connectivity index (χ4v) is 2.81. The lowest BCUT2D eigenvalue weighted by molar-refractivity contribution is 0.866. The van der Waals surface area contributed by atoms with Crippen LogP contribution in [0.5, 0.6) is 0 Å². The monoisotopic (exact) mass is 284 g/mol. The van der Waals surface area contributed by atoms with E-state index in [1.165, 1.54) is 5.39 Å². The number of fused-ring (bicyclic) bond motifs is 1. The molecule has 0 spiro atoms. The van der Waals surface area contributed by atoms with E-state index in [0.29, 0.717) is 6.54 Å². The third-order valence-corrected chi connectivity index (χ3v) is 3.86. The molecular formula is C15H16N4S. The van der Waals surface area contributed by atoms with E-state index in [1.54, 1.807) is 11.3 Å². The summed E-state index contributed by atoms with van der Waals surface area (Å²) < 4.78 is 0. The molecule has 0 radical (unpaired) electrons. The summed E-state index contributed by atoms with van der Waals surface area (Å²) in [5, 5.41) is 4.37. The molecule has 0 amide bonds. The predicted molar refractivity (Wildman–Crippen MR) is 83.9 cm³/mol. The minimum atomic E-state index is 0.447. The van der Waals surface area contributed by atoms with Crippen molar-refractivity contribution in [2.24, 2.45) is 5.73 Å². The molecule has 2 N–H and O–H groups in total. The molecule has 3 aromatic rings. The first-order chi connectivity index (χ1) is 9.78. The zero-order valence-electron chi connectivity index (χ0n) is 11.3. The van der Waals surface area contributed by atoms with Crippen LogP contribution in [-0.4, -0.2) is 17.0 Å². The summed E-state index contributed by atoms with van der Waals surface area (Å²) in [6, 6.07) is 10.3. The second-order valence-electron chi connectivity index (χ2n) is 4.70. The minimum absolute atomic E-state index is 0.447. The molecule has 102 valence electrons. The van der Waals surface area contributed by atoms with E-state index in [9.17, 15) is 0 Å². The molecule has 4 nitrogen and oxygen atoms in total. The molecule has 5 heteroatoms. The summed E-state index contributed by atoms with van der Waals surface area (Å²) in [7, 11) is 2.04. The number of anilines is 1. The van der Waals surface area contributed by atoms with E-state index in [1.807, 2.05) is 24.7 Å². The molecular weight excluding hydrogens is 268 g/mol. The van der Waals surface area contributed by atoms with Gasteiger partial charge in [0.25, 0.3) is 0 Å². The van der Waals surface area contributed by atoms with Crippen LogP contribution < -0.4 is 10.6 Å². The van der Waals surface area contributed by atoms with Gasteiger partial charge in [-0.1, -0.05) is 24.3 Å². The minimum Gasteiger partial charge on any atom is -0.353 e. The first-order valence-electron chi connectivity index (χ1n) is 6.45. The van der Waals surface area contributed by atoms with Crippen LogP contribution in [0.2, 0.25) is 0 Å². The van der Waals surface area contributed by atoms with Crippen LogP contribution >= 0.6 is 11.3 Å². The summed E-state index contributed by atoms with van der Waals surface area (Å²) in [6.45, 7) is 1.19. The number of thiazole rings is 1. The van der Waals surface area contributed by atoms with Crippen molar-refractivity contribution in [1.29, 1.82) is 0 Å². The molecule has 0 saturated carbocycles. The van der Waals surface area contributed by atoms with E-state index in [2.05, 4.69) is 38.4 Å². The number of rotatable bonds is 4. The van der Waals surface area contributed by atoms with Gasteiger partial charge in [-0.2, -0.15) is 0 Å². The Hall–Kier alpha value is -1.98. The standard InChI is InChI=1S/C15H16N4S/c1-19(8-13-9-20-10-17-13)15-14-5-3-2-4-11(14)6-12(7-16)18-15/h2-6,9-10H,7-8,16H2,1H3. The van der Waals surface area contributed by atoms with Gasteiger partial charge in [0.1, 0.15) is 5.82 Å². The Morgan fingerprint density at radius 1 is 1.25 bits per heavy atom.